The second kappa shape index (κ2) is 9.87. The Morgan fingerprint density at radius 1 is 1.20 bits per heavy atom. The van der Waals surface area contributed by atoms with Crippen LogP contribution in [0, 0.1) is 0 Å². The average Bonchev–Trinajstić information content (AvgIpc) is 2.03. The Kier molecular flexibility index (Phi) is 11.0. The van der Waals surface area contributed by atoms with Crippen LogP contribution in [0.15, 0.2) is 30.6 Å². The maximum atomic E-state index is 8.88. The van der Waals surface area contributed by atoms with Crippen molar-refractivity contribution in [1.82, 2.24) is 4.98 Å². The molecule has 0 aromatic carbocycles. The molecule has 0 saturated carbocycles. The van der Waals surface area contributed by atoms with Gasteiger partial charge in [0.05, 0.1) is 0 Å². The molecule has 0 aliphatic carbocycles. The molecule has 0 aliphatic heterocycles. The Hall–Kier alpha value is -0.670. The molecule has 1 heterocycles. The van der Waals surface area contributed by atoms with Crippen LogP contribution in [0.2, 0.25) is 0 Å². The van der Waals surface area contributed by atoms with Gasteiger partial charge in [0.15, 0.2) is 0 Å². The number of nitrogens with two attached hydrogens (primary N) is 1. The lowest BCUT2D eigenvalue weighted by Crippen LogP contribution is -1.97. The fourth-order valence-corrected chi connectivity index (χ4v) is 0.313. The van der Waals surface area contributed by atoms with Gasteiger partial charge in [0.2, 0.25) is 0 Å². The highest BCUT2D eigenvalue weighted by Crippen LogP contribution is 2.25. The van der Waals surface area contributed by atoms with E-state index in [0.717, 1.165) is 0 Å². The molecule has 1 unspecified atom stereocenters. The lowest BCUT2D eigenvalue weighted by Gasteiger charge is -1.85. The van der Waals surface area contributed by atoms with Gasteiger partial charge in [0.1, 0.15) is 0 Å². The van der Waals surface area contributed by atoms with E-state index in [9.17, 15) is 0 Å². The summed E-state index contributed by atoms with van der Waals surface area (Å²) in [5, 5.41) is 4.03. The quantitative estimate of drug-likeness (QED) is 0.339. The zero-order valence-corrected chi connectivity index (χ0v) is 9.04. The first-order valence-electron chi connectivity index (χ1n) is 3.20. The molecular formula is C5H10N2O6PS-. The number of aromatic nitrogens is 1. The van der Waals surface area contributed by atoms with Crippen LogP contribution in [-0.2, 0) is 15.8 Å². The number of pyridine rings is 1. The molecule has 0 saturated heterocycles. The molecular weight excluding hydrogens is 247 g/mol. The summed E-state index contributed by atoms with van der Waals surface area (Å²) < 4.78 is 26.4. The third-order valence-electron chi connectivity index (χ3n) is 0.566. The Balaban J connectivity index is 0. The van der Waals surface area contributed by atoms with Crippen molar-refractivity contribution in [3.63, 3.8) is 0 Å². The van der Waals surface area contributed by atoms with E-state index in [0.29, 0.717) is 0 Å². The van der Waals surface area contributed by atoms with E-state index >= 15 is 0 Å². The number of rotatable bonds is 0. The zero-order valence-electron chi connectivity index (χ0n) is 7.33. The van der Waals surface area contributed by atoms with Gasteiger partial charge in [-0.2, -0.15) is 0 Å². The molecule has 1 aromatic rings. The monoisotopic (exact) mass is 257 g/mol. The summed E-state index contributed by atoms with van der Waals surface area (Å²) in [6.07, 6.45) is 3.50. The summed E-state index contributed by atoms with van der Waals surface area (Å²) in [7, 11) is -4.64. The van der Waals surface area contributed by atoms with Crippen LogP contribution in [0.25, 0.3) is 0 Å². The molecule has 0 spiro atoms. The molecule has 1 aromatic heterocycles. The van der Waals surface area contributed by atoms with Crippen LogP contribution < -0.4 is 5.14 Å². The number of nitrogens with zero attached hydrogens (tertiary/aromatic N) is 1. The highest BCUT2D eigenvalue weighted by atomic mass is 32.2. The minimum atomic E-state index is -4.64. The Labute approximate surface area is 88.4 Å². The number of hydrogen-bond acceptors (Lipinski definition) is 4. The van der Waals surface area contributed by atoms with E-state index in [1.165, 1.54) is 0 Å². The number of hydrogen-bond donors (Lipinski definition) is 4. The van der Waals surface area contributed by atoms with Crippen LogP contribution in [0.4, 0.5) is 0 Å². The van der Waals surface area contributed by atoms with E-state index in [1.54, 1.807) is 12.4 Å². The standard InChI is InChI=1S/C5H5N.H3NO2S.H3O4P/c1-2-4-6-5-3-1;1-4(2)3;1-5(2,3)4/h1-5H;1H2,(H,2,3);(H3,1,2,3,4)/p-1. The molecule has 10 heteroatoms. The molecule has 0 amide bonds. The summed E-state index contributed by atoms with van der Waals surface area (Å²) in [6.45, 7) is 0. The van der Waals surface area contributed by atoms with Gasteiger partial charge >= 0.3 is 7.82 Å². The summed E-state index contributed by atoms with van der Waals surface area (Å²) in [4.78, 5) is 25.3. The summed E-state index contributed by atoms with van der Waals surface area (Å²) in [5.74, 6) is 0. The molecule has 8 nitrogen and oxygen atoms in total. The van der Waals surface area contributed by atoms with E-state index in [4.69, 9.17) is 28.0 Å². The Morgan fingerprint density at radius 2 is 1.47 bits per heavy atom. The Bertz CT molecular complexity index is 265. The molecule has 5 N–H and O–H groups in total. The van der Waals surface area contributed by atoms with Gasteiger partial charge in [-0.05, 0) is 12.1 Å². The van der Waals surface area contributed by atoms with Gasteiger partial charge in [-0.25, -0.2) is 4.57 Å². The minimum absolute atomic E-state index is 1.75. The second-order valence-electron chi connectivity index (χ2n) is 1.80. The van der Waals surface area contributed by atoms with Crippen molar-refractivity contribution in [2.75, 3.05) is 0 Å². The molecule has 0 fully saturated rings. The molecule has 1 rings (SSSR count). The van der Waals surface area contributed by atoms with Gasteiger partial charge in [-0.3, -0.25) is 14.3 Å². The van der Waals surface area contributed by atoms with Gasteiger partial charge in [0.25, 0.3) is 0 Å². The zero-order chi connectivity index (χ0) is 12.3. The lowest BCUT2D eigenvalue weighted by atomic mass is 10.5. The fraction of sp³-hybridized carbons (Fsp3) is 0. The first-order chi connectivity index (χ1) is 6.73. The molecule has 1 atom stereocenters. The average molecular weight is 257 g/mol. The maximum Gasteiger partial charge on any atom is 0.466 e. The van der Waals surface area contributed by atoms with Crippen molar-refractivity contribution in [1.29, 1.82) is 0 Å². The third-order valence-corrected chi connectivity index (χ3v) is 0.566. The van der Waals surface area contributed by atoms with Crippen molar-refractivity contribution in [2.45, 2.75) is 0 Å². The van der Waals surface area contributed by atoms with Gasteiger partial charge in [-0.15, -0.1) is 0 Å². The van der Waals surface area contributed by atoms with Gasteiger partial charge in [-0.1, -0.05) is 6.07 Å². The second-order valence-corrected chi connectivity index (χ2v) is 3.35. The van der Waals surface area contributed by atoms with E-state index in [2.05, 4.69) is 10.1 Å². The molecule has 88 valence electrons. The van der Waals surface area contributed by atoms with E-state index in [1.807, 2.05) is 18.2 Å². The predicted molar refractivity (Wildman–Crippen MR) is 51.6 cm³/mol. The van der Waals surface area contributed by atoms with E-state index in [-0.39, 0.29) is 0 Å². The summed E-state index contributed by atoms with van der Waals surface area (Å²) in [6, 6.07) is 5.72. The Morgan fingerprint density at radius 3 is 1.53 bits per heavy atom. The first kappa shape index (κ1) is 16.7. The minimum Gasteiger partial charge on any atom is -0.760 e. The van der Waals surface area contributed by atoms with Crippen LogP contribution >= 0.6 is 7.82 Å². The lowest BCUT2D eigenvalue weighted by molar-refractivity contribution is 0.275. The van der Waals surface area contributed by atoms with Crippen molar-refractivity contribution in [3.05, 3.63) is 30.6 Å². The topological polar surface area (TPSA) is 157 Å². The van der Waals surface area contributed by atoms with Crippen LogP contribution in [0.3, 0.4) is 0 Å². The van der Waals surface area contributed by atoms with Crippen LogP contribution in [0.1, 0.15) is 0 Å². The SMILES string of the molecule is NS(=O)[O-].O=P(O)(O)O.c1ccncc1. The largest absolute Gasteiger partial charge is 0.760 e. The van der Waals surface area contributed by atoms with Crippen LogP contribution in [0.5, 0.6) is 0 Å². The highest BCUT2D eigenvalue weighted by Gasteiger charge is 2.00. The maximum absolute atomic E-state index is 8.88. The predicted octanol–water partition coefficient (Wildman–Crippen LogP) is -1.11. The smallest absolute Gasteiger partial charge is 0.466 e. The van der Waals surface area contributed by atoms with Gasteiger partial charge in [0, 0.05) is 23.7 Å². The van der Waals surface area contributed by atoms with Crippen molar-refractivity contribution < 1.29 is 28.0 Å². The van der Waals surface area contributed by atoms with Gasteiger partial charge < -0.3 is 19.2 Å². The highest BCUT2D eigenvalue weighted by molar-refractivity contribution is 7.76. The molecule has 15 heavy (non-hydrogen) atoms. The summed E-state index contributed by atoms with van der Waals surface area (Å²) >= 11 is -2.36. The fourth-order valence-electron chi connectivity index (χ4n) is 0.313. The van der Waals surface area contributed by atoms with Crippen molar-refractivity contribution >= 4 is 19.1 Å². The third kappa shape index (κ3) is 60.2. The molecule has 0 aliphatic rings. The molecule has 0 bridgehead atoms. The number of phosphoric acid groups is 1. The van der Waals surface area contributed by atoms with E-state index < -0.39 is 19.1 Å². The first-order valence-corrected chi connectivity index (χ1v) is 5.90. The van der Waals surface area contributed by atoms with Crippen LogP contribution in [-0.4, -0.2) is 28.4 Å². The normalized spacial score (nSPS) is 11.3. The summed E-state index contributed by atoms with van der Waals surface area (Å²) in [5.41, 5.74) is 0. The molecule has 0 radical (unpaired) electrons. The van der Waals surface area contributed by atoms with Crippen molar-refractivity contribution in [2.24, 2.45) is 5.14 Å². The van der Waals surface area contributed by atoms with Crippen molar-refractivity contribution in [3.8, 4) is 0 Å².